The molecule has 0 aliphatic carbocycles. The van der Waals surface area contributed by atoms with Gasteiger partial charge in [0.1, 0.15) is 11.6 Å². The summed E-state index contributed by atoms with van der Waals surface area (Å²) in [7, 11) is 0. The Labute approximate surface area is 221 Å². The van der Waals surface area contributed by atoms with Crippen molar-refractivity contribution in [3.63, 3.8) is 0 Å². The fourth-order valence-corrected chi connectivity index (χ4v) is 4.84. The van der Waals surface area contributed by atoms with Crippen LogP contribution >= 0.6 is 11.6 Å². The number of furan rings is 1. The minimum Gasteiger partial charge on any atom is -0.455 e. The Hall–Kier alpha value is -3.61. The third-order valence-electron chi connectivity index (χ3n) is 6.56. The molecule has 1 aliphatic heterocycles. The maximum Gasteiger partial charge on any atom is 0.289 e. The van der Waals surface area contributed by atoms with Gasteiger partial charge < -0.3 is 14.2 Å². The lowest BCUT2D eigenvalue weighted by atomic mass is 10.1. The normalized spacial score (nSPS) is 13.8. The van der Waals surface area contributed by atoms with E-state index in [1.165, 1.54) is 17.7 Å². The van der Waals surface area contributed by atoms with Crippen molar-refractivity contribution in [1.29, 1.82) is 0 Å². The van der Waals surface area contributed by atoms with E-state index in [4.69, 9.17) is 16.0 Å². The van der Waals surface area contributed by atoms with E-state index in [9.17, 15) is 9.18 Å². The van der Waals surface area contributed by atoms with Crippen LogP contribution in [-0.2, 0) is 19.6 Å². The van der Waals surface area contributed by atoms with Gasteiger partial charge in [-0.1, -0.05) is 60.1 Å². The van der Waals surface area contributed by atoms with E-state index in [0.717, 1.165) is 30.1 Å². The molecule has 0 unspecified atom stereocenters. The van der Waals surface area contributed by atoms with Crippen LogP contribution in [0.25, 0.3) is 0 Å². The van der Waals surface area contributed by atoms with Gasteiger partial charge in [-0.2, -0.15) is 0 Å². The van der Waals surface area contributed by atoms with E-state index < -0.39 is 0 Å². The molecule has 0 radical (unpaired) electrons. The summed E-state index contributed by atoms with van der Waals surface area (Å²) < 4.78 is 19.4. The lowest BCUT2D eigenvalue weighted by molar-refractivity contribution is 0.0710. The molecule has 5 rings (SSSR count). The van der Waals surface area contributed by atoms with Crippen LogP contribution in [0.3, 0.4) is 0 Å². The molecule has 1 aliphatic rings. The largest absolute Gasteiger partial charge is 0.455 e. The molecule has 0 spiro atoms. The number of amides is 1. The molecular weight excluding hydrogens is 489 g/mol. The van der Waals surface area contributed by atoms with Gasteiger partial charge in [0, 0.05) is 50.0 Å². The number of piperazine rings is 1. The zero-order valence-corrected chi connectivity index (χ0v) is 21.3. The van der Waals surface area contributed by atoms with Crippen molar-refractivity contribution in [3.8, 4) is 0 Å². The first-order valence-corrected chi connectivity index (χ1v) is 12.8. The maximum atomic E-state index is 13.4. The highest BCUT2D eigenvalue weighted by molar-refractivity contribution is 6.30. The number of hydrogen-bond donors (Lipinski definition) is 0. The van der Waals surface area contributed by atoms with Crippen molar-refractivity contribution in [1.82, 2.24) is 9.80 Å². The standard InChI is InChI=1S/C30H29ClFN3O2/c31-25-7-4-8-27(19-25)34-15-17-35(18-16-34)30(36)29-14-13-28(37-29)22-33(20-23-5-2-1-3-6-23)21-24-9-11-26(32)12-10-24/h1-14,19H,15-18,20-22H2. The van der Waals surface area contributed by atoms with Gasteiger partial charge in [0.05, 0.1) is 6.54 Å². The number of nitrogens with zero attached hydrogens (tertiary/aromatic N) is 3. The monoisotopic (exact) mass is 517 g/mol. The van der Waals surface area contributed by atoms with Gasteiger partial charge in [-0.15, -0.1) is 0 Å². The van der Waals surface area contributed by atoms with Gasteiger partial charge in [-0.3, -0.25) is 9.69 Å². The SMILES string of the molecule is O=C(c1ccc(CN(Cc2ccccc2)Cc2ccc(F)cc2)o1)N1CCN(c2cccc(Cl)c2)CC1. The molecule has 1 aromatic heterocycles. The topological polar surface area (TPSA) is 39.9 Å². The average molecular weight is 518 g/mol. The van der Waals surface area contributed by atoms with Crippen molar-refractivity contribution >= 4 is 23.2 Å². The Morgan fingerprint density at radius 1 is 0.811 bits per heavy atom. The zero-order chi connectivity index (χ0) is 25.6. The summed E-state index contributed by atoms with van der Waals surface area (Å²) in [5, 5.41) is 0.708. The summed E-state index contributed by atoms with van der Waals surface area (Å²) in [6.07, 6.45) is 0. The van der Waals surface area contributed by atoms with Gasteiger partial charge in [0.15, 0.2) is 5.76 Å². The number of halogens is 2. The first-order valence-electron chi connectivity index (χ1n) is 12.4. The van der Waals surface area contributed by atoms with E-state index >= 15 is 0 Å². The Morgan fingerprint density at radius 2 is 1.51 bits per heavy atom. The van der Waals surface area contributed by atoms with Crippen molar-refractivity contribution in [2.75, 3.05) is 31.1 Å². The van der Waals surface area contributed by atoms with Crippen molar-refractivity contribution in [2.45, 2.75) is 19.6 Å². The number of carbonyl (C=O) groups excluding carboxylic acids is 1. The smallest absolute Gasteiger partial charge is 0.289 e. The second-order valence-electron chi connectivity index (χ2n) is 9.28. The number of hydrogen-bond acceptors (Lipinski definition) is 4. The zero-order valence-electron chi connectivity index (χ0n) is 20.5. The maximum absolute atomic E-state index is 13.4. The quantitative estimate of drug-likeness (QED) is 0.277. The molecule has 37 heavy (non-hydrogen) atoms. The Bertz CT molecular complexity index is 1320. The number of carbonyl (C=O) groups is 1. The lowest BCUT2D eigenvalue weighted by Gasteiger charge is -2.35. The summed E-state index contributed by atoms with van der Waals surface area (Å²) in [4.78, 5) is 19.4. The predicted octanol–water partition coefficient (Wildman–Crippen LogP) is 6.24. The summed E-state index contributed by atoms with van der Waals surface area (Å²) >= 11 is 6.14. The molecule has 1 amide bonds. The summed E-state index contributed by atoms with van der Waals surface area (Å²) in [5.41, 5.74) is 3.25. The van der Waals surface area contributed by atoms with Crippen LogP contribution < -0.4 is 4.90 Å². The van der Waals surface area contributed by atoms with Crippen LogP contribution in [0.1, 0.15) is 27.4 Å². The Morgan fingerprint density at radius 3 is 2.22 bits per heavy atom. The van der Waals surface area contributed by atoms with E-state index in [1.807, 2.05) is 53.4 Å². The average Bonchev–Trinajstić information content (AvgIpc) is 3.39. The second kappa shape index (κ2) is 11.6. The van der Waals surface area contributed by atoms with E-state index in [2.05, 4.69) is 21.9 Å². The van der Waals surface area contributed by atoms with Gasteiger partial charge in [0.2, 0.25) is 0 Å². The molecule has 2 heterocycles. The molecule has 5 nitrogen and oxygen atoms in total. The van der Waals surface area contributed by atoms with Crippen LogP contribution in [-0.4, -0.2) is 41.9 Å². The summed E-state index contributed by atoms with van der Waals surface area (Å²) in [5.74, 6) is 0.734. The predicted molar refractivity (Wildman–Crippen MR) is 144 cm³/mol. The molecule has 7 heteroatoms. The first kappa shape index (κ1) is 25.1. The molecule has 0 atom stereocenters. The molecule has 190 valence electrons. The lowest BCUT2D eigenvalue weighted by Crippen LogP contribution is -2.48. The van der Waals surface area contributed by atoms with Crippen LogP contribution in [0.5, 0.6) is 0 Å². The van der Waals surface area contributed by atoms with Gasteiger partial charge in [0.25, 0.3) is 5.91 Å². The molecular formula is C30H29ClFN3O2. The molecule has 0 N–H and O–H groups in total. The fourth-order valence-electron chi connectivity index (χ4n) is 4.65. The molecule has 0 bridgehead atoms. The first-order chi connectivity index (χ1) is 18.0. The number of benzene rings is 3. The number of rotatable bonds is 8. The summed E-state index contributed by atoms with van der Waals surface area (Å²) in [6, 6.07) is 28.2. The van der Waals surface area contributed by atoms with E-state index in [1.54, 1.807) is 18.2 Å². The molecule has 4 aromatic rings. The van der Waals surface area contributed by atoms with Crippen molar-refractivity contribution < 1.29 is 13.6 Å². The molecule has 1 fully saturated rings. The third kappa shape index (κ3) is 6.59. The highest BCUT2D eigenvalue weighted by Crippen LogP contribution is 2.22. The molecule has 1 saturated heterocycles. The van der Waals surface area contributed by atoms with Crippen molar-refractivity contribution in [2.24, 2.45) is 0 Å². The molecule has 3 aromatic carbocycles. The minimum absolute atomic E-state index is 0.0925. The second-order valence-corrected chi connectivity index (χ2v) is 9.72. The highest BCUT2D eigenvalue weighted by Gasteiger charge is 2.25. The van der Waals surface area contributed by atoms with Crippen LogP contribution in [0.2, 0.25) is 5.02 Å². The number of anilines is 1. The van der Waals surface area contributed by atoms with Crippen LogP contribution in [0.4, 0.5) is 10.1 Å². The Balaban J connectivity index is 1.23. The van der Waals surface area contributed by atoms with Crippen LogP contribution in [0, 0.1) is 5.82 Å². The highest BCUT2D eigenvalue weighted by atomic mass is 35.5. The van der Waals surface area contributed by atoms with E-state index in [-0.39, 0.29) is 11.7 Å². The van der Waals surface area contributed by atoms with Gasteiger partial charge in [-0.25, -0.2) is 4.39 Å². The summed E-state index contributed by atoms with van der Waals surface area (Å²) in [6.45, 7) is 4.57. The third-order valence-corrected chi connectivity index (χ3v) is 6.80. The molecule has 0 saturated carbocycles. The van der Waals surface area contributed by atoms with Gasteiger partial charge in [-0.05, 0) is 53.6 Å². The van der Waals surface area contributed by atoms with E-state index in [0.29, 0.717) is 43.5 Å². The fraction of sp³-hybridized carbons (Fsp3) is 0.233. The van der Waals surface area contributed by atoms with Gasteiger partial charge >= 0.3 is 0 Å². The van der Waals surface area contributed by atoms with Crippen LogP contribution in [0.15, 0.2) is 95.4 Å². The Kier molecular flexibility index (Phi) is 7.87. The minimum atomic E-state index is -0.249. The van der Waals surface area contributed by atoms with Crippen molar-refractivity contribution in [3.05, 3.63) is 124 Å².